The number of anilines is 1. The standard InChI is InChI=1S/C19H19F3N2O4/c1-27-15-6-4-3-5-14(15)16(28-2)11-23-17(25)18(26)24-13-9-7-12(8-10-13)19(20,21)22/h3-10,16H,11H2,1-2H3,(H,23,25)(H,24,26)/t16-/m0/s1. The summed E-state index contributed by atoms with van der Waals surface area (Å²) in [5.41, 5.74) is -0.0909. The van der Waals surface area contributed by atoms with Gasteiger partial charge >= 0.3 is 18.0 Å². The highest BCUT2D eigenvalue weighted by Gasteiger charge is 2.30. The fourth-order valence-corrected chi connectivity index (χ4v) is 2.45. The van der Waals surface area contributed by atoms with E-state index in [2.05, 4.69) is 10.6 Å². The molecular formula is C19H19F3N2O4. The van der Waals surface area contributed by atoms with Gasteiger partial charge in [-0.2, -0.15) is 13.2 Å². The molecule has 0 radical (unpaired) electrons. The van der Waals surface area contributed by atoms with E-state index < -0.39 is 29.7 Å². The van der Waals surface area contributed by atoms with Gasteiger partial charge in [0, 0.05) is 24.9 Å². The fourth-order valence-electron chi connectivity index (χ4n) is 2.45. The number of nitrogens with one attached hydrogen (secondary N) is 2. The summed E-state index contributed by atoms with van der Waals surface area (Å²) >= 11 is 0. The molecule has 2 rings (SSSR count). The van der Waals surface area contributed by atoms with Crippen LogP contribution in [0.2, 0.25) is 0 Å². The van der Waals surface area contributed by atoms with Gasteiger partial charge in [-0.15, -0.1) is 0 Å². The number of hydrogen-bond donors (Lipinski definition) is 2. The first-order valence-electron chi connectivity index (χ1n) is 8.18. The van der Waals surface area contributed by atoms with Crippen molar-refractivity contribution in [1.82, 2.24) is 5.32 Å². The van der Waals surface area contributed by atoms with E-state index in [9.17, 15) is 22.8 Å². The molecule has 0 aliphatic rings. The Bertz CT molecular complexity index is 823. The topological polar surface area (TPSA) is 76.7 Å². The molecule has 2 amide bonds. The molecule has 0 aliphatic heterocycles. The predicted molar refractivity (Wildman–Crippen MR) is 95.8 cm³/mol. The van der Waals surface area contributed by atoms with Crippen molar-refractivity contribution in [1.29, 1.82) is 0 Å². The molecule has 0 fully saturated rings. The maximum Gasteiger partial charge on any atom is 0.416 e. The highest BCUT2D eigenvalue weighted by atomic mass is 19.4. The van der Waals surface area contributed by atoms with Gasteiger partial charge in [0.2, 0.25) is 0 Å². The molecule has 6 nitrogen and oxygen atoms in total. The summed E-state index contributed by atoms with van der Waals surface area (Å²) in [6.45, 7) is -0.00383. The quantitative estimate of drug-likeness (QED) is 0.736. The Balaban J connectivity index is 1.95. The summed E-state index contributed by atoms with van der Waals surface area (Å²) < 4.78 is 48.2. The van der Waals surface area contributed by atoms with Gasteiger partial charge in [-0.1, -0.05) is 18.2 Å². The monoisotopic (exact) mass is 396 g/mol. The first-order valence-corrected chi connectivity index (χ1v) is 8.18. The van der Waals surface area contributed by atoms with E-state index in [1.165, 1.54) is 14.2 Å². The molecule has 2 N–H and O–H groups in total. The van der Waals surface area contributed by atoms with Crippen LogP contribution in [0.1, 0.15) is 17.2 Å². The lowest BCUT2D eigenvalue weighted by atomic mass is 10.1. The third kappa shape index (κ3) is 5.46. The minimum Gasteiger partial charge on any atom is -0.496 e. The van der Waals surface area contributed by atoms with Gasteiger partial charge in [-0.25, -0.2) is 0 Å². The fraction of sp³-hybridized carbons (Fsp3) is 0.263. The first-order chi connectivity index (χ1) is 13.3. The van der Waals surface area contributed by atoms with Gasteiger partial charge in [0.25, 0.3) is 0 Å². The van der Waals surface area contributed by atoms with Crippen molar-refractivity contribution in [3.8, 4) is 5.75 Å². The van der Waals surface area contributed by atoms with Crippen molar-refractivity contribution >= 4 is 17.5 Å². The largest absolute Gasteiger partial charge is 0.496 e. The molecular weight excluding hydrogens is 377 g/mol. The third-order valence-electron chi connectivity index (χ3n) is 3.89. The molecule has 0 unspecified atom stereocenters. The smallest absolute Gasteiger partial charge is 0.416 e. The molecule has 2 aromatic rings. The van der Waals surface area contributed by atoms with Gasteiger partial charge in [0.05, 0.1) is 12.7 Å². The normalized spacial score (nSPS) is 12.2. The molecule has 0 bridgehead atoms. The van der Waals surface area contributed by atoms with Gasteiger partial charge in [-0.3, -0.25) is 9.59 Å². The zero-order valence-electron chi connectivity index (χ0n) is 15.2. The van der Waals surface area contributed by atoms with Crippen molar-refractivity contribution < 1.29 is 32.2 Å². The Kier molecular flexibility index (Phi) is 7.00. The number of halogens is 3. The number of methoxy groups -OCH3 is 2. The van der Waals surface area contributed by atoms with E-state index in [1.54, 1.807) is 24.3 Å². The molecule has 150 valence electrons. The van der Waals surface area contributed by atoms with E-state index in [1.807, 2.05) is 0 Å². The number of ether oxygens (including phenoxy) is 2. The minimum absolute atomic E-state index is 0.00383. The second-order valence-electron chi connectivity index (χ2n) is 5.71. The summed E-state index contributed by atoms with van der Waals surface area (Å²) in [4.78, 5) is 23.9. The van der Waals surface area contributed by atoms with Gasteiger partial charge in [0.1, 0.15) is 11.9 Å². The van der Waals surface area contributed by atoms with Gasteiger partial charge in [-0.05, 0) is 30.3 Å². The number of benzene rings is 2. The van der Waals surface area contributed by atoms with Crippen molar-refractivity contribution in [2.45, 2.75) is 12.3 Å². The molecule has 0 saturated carbocycles. The van der Waals surface area contributed by atoms with E-state index in [0.29, 0.717) is 11.3 Å². The molecule has 2 aromatic carbocycles. The molecule has 0 saturated heterocycles. The molecule has 0 aliphatic carbocycles. The van der Waals surface area contributed by atoms with Crippen LogP contribution in [0.15, 0.2) is 48.5 Å². The summed E-state index contributed by atoms with van der Waals surface area (Å²) in [5.74, 6) is -1.38. The summed E-state index contributed by atoms with van der Waals surface area (Å²) in [5, 5.41) is 4.67. The number of hydrogen-bond acceptors (Lipinski definition) is 4. The van der Waals surface area contributed by atoms with Gasteiger partial charge in [0.15, 0.2) is 0 Å². The summed E-state index contributed by atoms with van der Waals surface area (Å²) in [7, 11) is 2.95. The Morgan fingerprint density at radius 2 is 1.64 bits per heavy atom. The molecule has 0 heterocycles. The number of para-hydroxylation sites is 1. The number of rotatable bonds is 6. The Hall–Kier alpha value is -3.07. The minimum atomic E-state index is -4.48. The zero-order valence-corrected chi connectivity index (χ0v) is 15.2. The van der Waals surface area contributed by atoms with Crippen LogP contribution in [0.3, 0.4) is 0 Å². The summed E-state index contributed by atoms with van der Waals surface area (Å²) in [6, 6.07) is 10.8. The lowest BCUT2D eigenvalue weighted by Gasteiger charge is -2.19. The summed E-state index contributed by atoms with van der Waals surface area (Å²) in [6.07, 6.45) is -5.04. The van der Waals surface area contributed by atoms with Crippen molar-refractivity contribution in [2.24, 2.45) is 0 Å². The van der Waals surface area contributed by atoms with Crippen LogP contribution in [0, 0.1) is 0 Å². The number of carbonyl (C=O) groups is 2. The SMILES string of the molecule is COc1ccccc1[C@H](CNC(=O)C(=O)Nc1ccc(C(F)(F)F)cc1)OC. The second kappa shape index (κ2) is 9.23. The zero-order chi connectivity index (χ0) is 20.7. The van der Waals surface area contributed by atoms with Crippen molar-refractivity contribution in [3.63, 3.8) is 0 Å². The molecule has 1 atom stereocenters. The van der Waals surface area contributed by atoms with Crippen LogP contribution < -0.4 is 15.4 Å². The van der Waals surface area contributed by atoms with Crippen LogP contribution in [-0.2, 0) is 20.5 Å². The number of carbonyl (C=O) groups excluding carboxylic acids is 2. The molecule has 0 aromatic heterocycles. The molecule has 0 spiro atoms. The van der Waals surface area contributed by atoms with Crippen LogP contribution in [0.25, 0.3) is 0 Å². The van der Waals surface area contributed by atoms with Gasteiger partial charge < -0.3 is 20.1 Å². The van der Waals surface area contributed by atoms with Crippen LogP contribution in [-0.4, -0.2) is 32.6 Å². The Morgan fingerprint density at radius 1 is 1.00 bits per heavy atom. The maximum absolute atomic E-state index is 12.5. The molecule has 9 heteroatoms. The first kappa shape index (κ1) is 21.2. The highest BCUT2D eigenvalue weighted by Crippen LogP contribution is 2.30. The lowest BCUT2D eigenvalue weighted by molar-refractivity contribution is -0.137. The average Bonchev–Trinajstić information content (AvgIpc) is 2.68. The molecule has 28 heavy (non-hydrogen) atoms. The number of amides is 2. The second-order valence-corrected chi connectivity index (χ2v) is 5.71. The lowest BCUT2D eigenvalue weighted by Crippen LogP contribution is -2.38. The van der Waals surface area contributed by atoms with Crippen LogP contribution in [0.5, 0.6) is 5.75 Å². The average molecular weight is 396 g/mol. The predicted octanol–water partition coefficient (Wildman–Crippen LogP) is 3.16. The van der Waals surface area contributed by atoms with E-state index >= 15 is 0 Å². The maximum atomic E-state index is 12.5. The van der Waals surface area contributed by atoms with Crippen molar-refractivity contribution in [3.05, 3.63) is 59.7 Å². The van der Waals surface area contributed by atoms with E-state index in [-0.39, 0.29) is 12.2 Å². The van der Waals surface area contributed by atoms with E-state index in [0.717, 1.165) is 24.3 Å². The number of alkyl halides is 3. The third-order valence-corrected chi connectivity index (χ3v) is 3.89. The van der Waals surface area contributed by atoms with Crippen molar-refractivity contribution in [2.75, 3.05) is 26.1 Å². The van der Waals surface area contributed by atoms with Crippen LogP contribution >= 0.6 is 0 Å². The van der Waals surface area contributed by atoms with Crippen LogP contribution in [0.4, 0.5) is 18.9 Å². The Morgan fingerprint density at radius 3 is 2.21 bits per heavy atom. The highest BCUT2D eigenvalue weighted by molar-refractivity contribution is 6.39. The van der Waals surface area contributed by atoms with E-state index in [4.69, 9.17) is 9.47 Å². The Labute approximate surface area is 159 Å².